The minimum absolute atomic E-state index is 0.0762. The Hall–Kier alpha value is -2.28. The Labute approximate surface area is 225 Å². The van der Waals surface area contributed by atoms with Crippen LogP contribution in [0, 0.1) is 0 Å². The monoisotopic (exact) mass is 628 g/mol. The van der Waals surface area contributed by atoms with Gasteiger partial charge in [-0.2, -0.15) is 31.4 Å². The van der Waals surface area contributed by atoms with Crippen LogP contribution in [0.4, 0.5) is 26.3 Å². The smallest absolute Gasteiger partial charge is 0.283 e. The molecule has 14 heteroatoms. The Balaban J connectivity index is 1.79. The van der Waals surface area contributed by atoms with Crippen molar-refractivity contribution < 1.29 is 31.1 Å². The van der Waals surface area contributed by atoms with Crippen LogP contribution in [0.25, 0.3) is 16.9 Å². The largest absolute Gasteiger partial charge is 0.374 e. The highest BCUT2D eigenvalue weighted by atomic mass is 79.9. The third kappa shape index (κ3) is 4.96. The number of amides is 1. The van der Waals surface area contributed by atoms with Gasteiger partial charge in [0, 0.05) is 20.6 Å². The summed E-state index contributed by atoms with van der Waals surface area (Å²) < 4.78 is 84.7. The van der Waals surface area contributed by atoms with Crippen LogP contribution in [0.5, 0.6) is 0 Å². The van der Waals surface area contributed by atoms with Crippen molar-refractivity contribution in [2.45, 2.75) is 31.1 Å². The molecule has 0 unspecified atom stereocenters. The van der Waals surface area contributed by atoms with E-state index < -0.39 is 36.8 Å². The predicted octanol–water partition coefficient (Wildman–Crippen LogP) is 7.04. The van der Waals surface area contributed by atoms with E-state index in [0.717, 1.165) is 4.47 Å². The fourth-order valence-electron chi connectivity index (χ4n) is 3.98. The van der Waals surface area contributed by atoms with Gasteiger partial charge in [-0.25, -0.2) is 9.69 Å². The summed E-state index contributed by atoms with van der Waals surface area (Å²) in [5, 5.41) is 4.92. The van der Waals surface area contributed by atoms with Gasteiger partial charge in [-0.1, -0.05) is 58.2 Å². The number of aromatic nitrogens is 2. The van der Waals surface area contributed by atoms with Gasteiger partial charge in [-0.15, -0.1) is 0 Å². The highest BCUT2D eigenvalue weighted by Crippen LogP contribution is 2.49. The van der Waals surface area contributed by atoms with Crippen LogP contribution >= 0.6 is 39.1 Å². The zero-order valence-electron chi connectivity index (χ0n) is 18.8. The Morgan fingerprint density at radius 1 is 1.03 bits per heavy atom. The van der Waals surface area contributed by atoms with Crippen molar-refractivity contribution in [1.82, 2.24) is 20.2 Å². The fourth-order valence-corrected chi connectivity index (χ4v) is 4.73. The molecule has 0 atom stereocenters. The summed E-state index contributed by atoms with van der Waals surface area (Å²) in [5.74, 6) is -16.9. The van der Waals surface area contributed by atoms with E-state index in [-0.39, 0.29) is 22.1 Å². The van der Waals surface area contributed by atoms with Crippen LogP contribution in [0.2, 0.25) is 10.0 Å². The van der Waals surface area contributed by atoms with Crippen molar-refractivity contribution >= 4 is 45.0 Å². The molecule has 1 N–H and O–H groups in total. The number of hydrogen-bond acceptors (Lipinski definition) is 3. The third-order valence-electron chi connectivity index (χ3n) is 5.76. The molecule has 2 aromatic carbocycles. The van der Waals surface area contributed by atoms with Crippen molar-refractivity contribution in [2.75, 3.05) is 13.1 Å². The molecule has 2 heterocycles. The van der Waals surface area contributed by atoms with Crippen molar-refractivity contribution in [3.05, 3.63) is 68.2 Å². The molecule has 198 valence electrons. The first-order valence-electron chi connectivity index (χ1n) is 10.7. The number of halogens is 9. The maximum atomic E-state index is 13.9. The summed E-state index contributed by atoms with van der Waals surface area (Å²) in [5.41, 5.74) is 3.31. The van der Waals surface area contributed by atoms with Gasteiger partial charge in [0.15, 0.2) is 5.69 Å². The first kappa shape index (κ1) is 27.7. The van der Waals surface area contributed by atoms with Crippen molar-refractivity contribution in [3.8, 4) is 16.9 Å². The Morgan fingerprint density at radius 3 is 2.16 bits per heavy atom. The summed E-state index contributed by atoms with van der Waals surface area (Å²) in [6, 6.07) is 11.5. The lowest BCUT2D eigenvalue weighted by molar-refractivity contribution is -0.341. The van der Waals surface area contributed by atoms with E-state index in [9.17, 15) is 31.1 Å². The van der Waals surface area contributed by atoms with Gasteiger partial charge < -0.3 is 0 Å². The first-order chi connectivity index (χ1) is 17.2. The van der Waals surface area contributed by atoms with E-state index in [2.05, 4.69) is 21.0 Å². The third-order valence-corrected chi connectivity index (χ3v) is 6.83. The van der Waals surface area contributed by atoms with Gasteiger partial charge in [-0.3, -0.25) is 10.2 Å². The molecule has 0 saturated carbocycles. The van der Waals surface area contributed by atoms with Gasteiger partial charge in [0.2, 0.25) is 0 Å². The molecular weight excluding hydrogens is 613 g/mol. The number of alkyl halides is 6. The van der Waals surface area contributed by atoms with Crippen LogP contribution in [0.15, 0.2) is 46.9 Å². The summed E-state index contributed by atoms with van der Waals surface area (Å²) in [6.45, 7) is -1.92. The van der Waals surface area contributed by atoms with E-state index in [1.54, 1.807) is 43.3 Å². The predicted molar refractivity (Wildman–Crippen MR) is 130 cm³/mol. The standard InChI is InChI=1S/C23H17BrCl2F6N4O/c1-2-15-18(20(37)34-35-10-21(27,28)23(31,32)22(29,30)11-35)33-36(17-8-7-14(25)9-16(17)26)19(15)12-3-5-13(24)6-4-12/h3-9H,2,10-11H2,1H3,(H,34,37). The summed E-state index contributed by atoms with van der Waals surface area (Å²) >= 11 is 15.7. The average molecular weight is 630 g/mol. The van der Waals surface area contributed by atoms with Crippen LogP contribution in [0.1, 0.15) is 23.0 Å². The Morgan fingerprint density at radius 2 is 1.62 bits per heavy atom. The van der Waals surface area contributed by atoms with Crippen molar-refractivity contribution in [1.29, 1.82) is 0 Å². The average Bonchev–Trinajstić information content (AvgIpc) is 3.17. The van der Waals surface area contributed by atoms with Crippen LogP contribution < -0.4 is 5.43 Å². The van der Waals surface area contributed by atoms with Gasteiger partial charge in [0.1, 0.15) is 0 Å². The second kappa shape index (κ2) is 9.79. The molecule has 1 aliphatic rings. The number of nitrogens with zero attached hydrogens (tertiary/aromatic N) is 3. The van der Waals surface area contributed by atoms with Crippen molar-refractivity contribution in [2.24, 2.45) is 0 Å². The second-order valence-corrected chi connectivity index (χ2v) is 10.1. The molecule has 0 bridgehead atoms. The molecule has 1 aromatic heterocycles. The number of carbonyl (C=O) groups excluding carboxylic acids is 1. The maximum Gasteiger partial charge on any atom is 0.374 e. The molecular formula is C23H17BrCl2F6N4O. The first-order valence-corrected chi connectivity index (χ1v) is 12.3. The molecule has 0 spiro atoms. The number of nitrogens with one attached hydrogen (secondary N) is 1. The van der Waals surface area contributed by atoms with Gasteiger partial charge >= 0.3 is 17.8 Å². The van der Waals surface area contributed by atoms with E-state index in [1.165, 1.54) is 10.7 Å². The topological polar surface area (TPSA) is 50.2 Å². The SMILES string of the molecule is CCc1c(C(=O)NN2CC(F)(F)C(F)(F)C(F)(F)C2)nn(-c2ccc(Cl)cc2Cl)c1-c1ccc(Br)cc1. The lowest BCUT2D eigenvalue weighted by Gasteiger charge is -2.42. The summed E-state index contributed by atoms with van der Waals surface area (Å²) in [6.07, 6.45) is 0.212. The molecule has 4 rings (SSSR count). The molecule has 0 aliphatic carbocycles. The fraction of sp³-hybridized carbons (Fsp3) is 0.304. The van der Waals surface area contributed by atoms with Crippen LogP contribution in [-0.4, -0.2) is 51.6 Å². The molecule has 1 amide bonds. The summed E-state index contributed by atoms with van der Waals surface area (Å²) in [4.78, 5) is 13.1. The Kier molecular flexibility index (Phi) is 7.34. The Bertz CT molecular complexity index is 1330. The van der Waals surface area contributed by atoms with E-state index >= 15 is 0 Å². The van der Waals surface area contributed by atoms with E-state index in [4.69, 9.17) is 23.2 Å². The van der Waals surface area contributed by atoms with Crippen molar-refractivity contribution in [3.63, 3.8) is 0 Å². The van der Waals surface area contributed by atoms with E-state index in [0.29, 0.717) is 27.5 Å². The quantitative estimate of drug-likeness (QED) is 0.308. The molecule has 1 saturated heterocycles. The highest BCUT2D eigenvalue weighted by Gasteiger charge is 2.75. The second-order valence-electron chi connectivity index (χ2n) is 8.32. The normalized spacial score (nSPS) is 18.5. The molecule has 1 fully saturated rings. The summed E-state index contributed by atoms with van der Waals surface area (Å²) in [7, 11) is 0. The van der Waals surface area contributed by atoms with Crippen LogP contribution in [0.3, 0.4) is 0 Å². The van der Waals surface area contributed by atoms with Gasteiger partial charge in [0.05, 0.1) is 29.5 Å². The molecule has 1 aliphatic heterocycles. The number of rotatable bonds is 5. The minimum Gasteiger partial charge on any atom is -0.283 e. The van der Waals surface area contributed by atoms with E-state index in [1.807, 2.05) is 5.43 Å². The zero-order valence-corrected chi connectivity index (χ0v) is 21.9. The number of hydrogen-bond donors (Lipinski definition) is 1. The highest BCUT2D eigenvalue weighted by molar-refractivity contribution is 9.10. The lowest BCUT2D eigenvalue weighted by Crippen LogP contribution is -2.70. The van der Waals surface area contributed by atoms with Gasteiger partial charge in [0.25, 0.3) is 5.91 Å². The molecule has 5 nitrogen and oxygen atoms in total. The molecule has 37 heavy (non-hydrogen) atoms. The number of carbonyl (C=O) groups is 1. The van der Waals surface area contributed by atoms with Crippen LogP contribution in [-0.2, 0) is 6.42 Å². The lowest BCUT2D eigenvalue weighted by atomic mass is 10.00. The number of benzene rings is 2. The minimum atomic E-state index is -5.57. The molecule has 0 radical (unpaired) electrons. The maximum absolute atomic E-state index is 13.9. The molecule has 3 aromatic rings. The number of hydrazine groups is 1. The van der Waals surface area contributed by atoms with Gasteiger partial charge in [-0.05, 0) is 36.8 Å². The number of piperidine rings is 1. The zero-order chi connectivity index (χ0) is 27.3.